The third kappa shape index (κ3) is 3.87. The molecule has 0 aliphatic heterocycles. The average molecular weight is 388 g/mol. The van der Waals surface area contributed by atoms with Crippen LogP contribution in [-0.4, -0.2) is 27.2 Å². The highest BCUT2D eigenvalue weighted by molar-refractivity contribution is 9.11. The number of benzene rings is 1. The van der Waals surface area contributed by atoms with Gasteiger partial charge in [-0.2, -0.15) is 5.10 Å². The lowest BCUT2D eigenvalue weighted by Gasteiger charge is -2.06. The predicted octanol–water partition coefficient (Wildman–Crippen LogP) is 2.31. The lowest BCUT2D eigenvalue weighted by Crippen LogP contribution is -2.26. The Hall–Kier alpha value is -1.21. The molecule has 0 unspecified atom stereocenters. The van der Waals surface area contributed by atoms with E-state index in [-0.39, 0.29) is 5.91 Å². The summed E-state index contributed by atoms with van der Waals surface area (Å²) in [4.78, 5) is 16.1. The normalized spacial score (nSPS) is 10.5. The molecule has 0 spiro atoms. The second-order valence-electron chi connectivity index (χ2n) is 3.96. The summed E-state index contributed by atoms with van der Waals surface area (Å²) in [5.41, 5.74) is 0.600. The number of nitrogens with one attached hydrogen (secondary N) is 1. The topological polar surface area (TPSA) is 59.8 Å². The van der Waals surface area contributed by atoms with Crippen LogP contribution in [0.15, 0.2) is 33.5 Å². The van der Waals surface area contributed by atoms with Crippen LogP contribution in [0.3, 0.4) is 0 Å². The number of halogens is 2. The van der Waals surface area contributed by atoms with Crippen LogP contribution in [0, 0.1) is 0 Å². The highest BCUT2D eigenvalue weighted by Gasteiger charge is 2.10. The summed E-state index contributed by atoms with van der Waals surface area (Å²) in [5, 5.41) is 7.00. The number of aromatic nitrogens is 3. The predicted molar refractivity (Wildman–Crippen MR) is 78.9 cm³/mol. The summed E-state index contributed by atoms with van der Waals surface area (Å²) in [6.07, 6.45) is 2.25. The van der Waals surface area contributed by atoms with Crippen LogP contribution < -0.4 is 5.32 Å². The molecule has 19 heavy (non-hydrogen) atoms. The van der Waals surface area contributed by atoms with Crippen LogP contribution in [0.5, 0.6) is 0 Å². The Kier molecular flexibility index (Phi) is 4.71. The van der Waals surface area contributed by atoms with Crippen molar-refractivity contribution in [3.8, 4) is 0 Å². The molecule has 0 radical (unpaired) electrons. The molecule has 2 aromatic rings. The molecular formula is C12H12Br2N4O. The van der Waals surface area contributed by atoms with Gasteiger partial charge in [0.1, 0.15) is 6.33 Å². The standard InChI is InChI=1S/C12H12Br2N4O/c1-18-7-16-11(17-18)4-5-15-12(19)9-6-8(13)2-3-10(9)14/h2-3,6-7H,4-5H2,1H3,(H,15,19). The third-order valence-electron chi connectivity index (χ3n) is 2.45. The maximum absolute atomic E-state index is 12.0. The molecular weight excluding hydrogens is 376 g/mol. The van der Waals surface area contributed by atoms with E-state index >= 15 is 0 Å². The number of hydrogen-bond acceptors (Lipinski definition) is 3. The van der Waals surface area contributed by atoms with Crippen molar-refractivity contribution in [2.75, 3.05) is 6.54 Å². The van der Waals surface area contributed by atoms with Gasteiger partial charge in [0.05, 0.1) is 5.56 Å². The van der Waals surface area contributed by atoms with Gasteiger partial charge in [0, 0.05) is 29.0 Å². The van der Waals surface area contributed by atoms with E-state index < -0.39 is 0 Å². The number of carbonyl (C=O) groups excluding carboxylic acids is 1. The van der Waals surface area contributed by atoms with Gasteiger partial charge >= 0.3 is 0 Å². The molecule has 1 heterocycles. The van der Waals surface area contributed by atoms with Crippen molar-refractivity contribution in [1.82, 2.24) is 20.1 Å². The van der Waals surface area contributed by atoms with Crippen molar-refractivity contribution in [3.63, 3.8) is 0 Å². The minimum absolute atomic E-state index is 0.121. The summed E-state index contributed by atoms with van der Waals surface area (Å²) in [7, 11) is 1.81. The molecule has 1 N–H and O–H groups in total. The van der Waals surface area contributed by atoms with Gasteiger partial charge in [-0.15, -0.1) is 0 Å². The molecule has 2 rings (SSSR count). The monoisotopic (exact) mass is 386 g/mol. The molecule has 100 valence electrons. The van der Waals surface area contributed by atoms with Crippen LogP contribution in [0.2, 0.25) is 0 Å². The zero-order valence-electron chi connectivity index (χ0n) is 10.2. The van der Waals surface area contributed by atoms with Crippen molar-refractivity contribution in [1.29, 1.82) is 0 Å². The van der Waals surface area contributed by atoms with E-state index in [2.05, 4.69) is 47.3 Å². The SMILES string of the molecule is Cn1cnc(CCNC(=O)c2cc(Br)ccc2Br)n1. The molecule has 5 nitrogen and oxygen atoms in total. The summed E-state index contributed by atoms with van der Waals surface area (Å²) < 4.78 is 3.28. The summed E-state index contributed by atoms with van der Waals surface area (Å²) in [6.45, 7) is 0.502. The molecule has 0 fully saturated rings. The first-order valence-corrected chi connectivity index (χ1v) is 7.22. The third-order valence-corrected chi connectivity index (χ3v) is 3.64. The Balaban J connectivity index is 1.92. The van der Waals surface area contributed by atoms with Crippen molar-refractivity contribution >= 4 is 37.8 Å². The van der Waals surface area contributed by atoms with Gasteiger partial charge < -0.3 is 5.32 Å². The lowest BCUT2D eigenvalue weighted by molar-refractivity contribution is 0.0953. The second-order valence-corrected chi connectivity index (χ2v) is 5.73. The minimum atomic E-state index is -0.121. The van der Waals surface area contributed by atoms with Crippen molar-refractivity contribution in [2.24, 2.45) is 7.05 Å². The Morgan fingerprint density at radius 3 is 2.89 bits per heavy atom. The van der Waals surface area contributed by atoms with Gasteiger partial charge in [-0.05, 0) is 34.1 Å². The van der Waals surface area contributed by atoms with E-state index in [1.807, 2.05) is 19.2 Å². The fourth-order valence-corrected chi connectivity index (χ4v) is 2.34. The molecule has 0 aliphatic carbocycles. The molecule has 1 amide bonds. The van der Waals surface area contributed by atoms with Crippen molar-refractivity contribution in [3.05, 3.63) is 44.9 Å². The molecule has 0 atom stereocenters. The van der Waals surface area contributed by atoms with Gasteiger partial charge in [0.25, 0.3) is 5.91 Å². The fraction of sp³-hybridized carbons (Fsp3) is 0.250. The van der Waals surface area contributed by atoms with Crippen LogP contribution in [0.1, 0.15) is 16.2 Å². The fourth-order valence-electron chi connectivity index (χ4n) is 1.55. The molecule has 7 heteroatoms. The number of aryl methyl sites for hydroxylation is 1. The molecule has 0 saturated heterocycles. The van der Waals surface area contributed by atoms with Gasteiger partial charge in [-0.1, -0.05) is 15.9 Å². The summed E-state index contributed by atoms with van der Waals surface area (Å²) in [6, 6.07) is 5.48. The summed E-state index contributed by atoms with van der Waals surface area (Å²) in [5.74, 6) is 0.597. The van der Waals surface area contributed by atoms with E-state index in [1.165, 1.54) is 0 Å². The highest BCUT2D eigenvalue weighted by atomic mass is 79.9. The largest absolute Gasteiger partial charge is 0.352 e. The van der Waals surface area contributed by atoms with Crippen molar-refractivity contribution in [2.45, 2.75) is 6.42 Å². The Labute approximate surface area is 127 Å². The molecule has 1 aromatic carbocycles. The van der Waals surface area contributed by atoms with E-state index in [9.17, 15) is 4.79 Å². The highest BCUT2D eigenvalue weighted by Crippen LogP contribution is 2.21. The van der Waals surface area contributed by atoms with Crippen LogP contribution in [0.25, 0.3) is 0 Å². The molecule has 0 aliphatic rings. The Bertz CT molecular complexity index is 597. The van der Waals surface area contributed by atoms with Gasteiger partial charge in [-0.3, -0.25) is 9.48 Å². The number of amides is 1. The van der Waals surface area contributed by atoms with Crippen LogP contribution >= 0.6 is 31.9 Å². The number of nitrogens with zero attached hydrogens (tertiary/aromatic N) is 3. The van der Waals surface area contributed by atoms with Crippen LogP contribution in [0.4, 0.5) is 0 Å². The smallest absolute Gasteiger partial charge is 0.252 e. The van der Waals surface area contributed by atoms with Crippen LogP contribution in [-0.2, 0) is 13.5 Å². The average Bonchev–Trinajstić information content (AvgIpc) is 2.78. The first kappa shape index (κ1) is 14.2. The van der Waals surface area contributed by atoms with Gasteiger partial charge in [0.15, 0.2) is 5.82 Å². The molecule has 1 aromatic heterocycles. The van der Waals surface area contributed by atoms with Crippen molar-refractivity contribution < 1.29 is 4.79 Å². The van der Waals surface area contributed by atoms with E-state index in [0.29, 0.717) is 18.5 Å². The maximum Gasteiger partial charge on any atom is 0.252 e. The quantitative estimate of drug-likeness (QED) is 0.875. The van der Waals surface area contributed by atoms with Gasteiger partial charge in [-0.25, -0.2) is 4.98 Å². The Morgan fingerprint density at radius 2 is 2.21 bits per heavy atom. The summed E-state index contributed by atoms with van der Waals surface area (Å²) >= 11 is 6.71. The number of hydrogen-bond donors (Lipinski definition) is 1. The first-order valence-electron chi connectivity index (χ1n) is 5.64. The first-order chi connectivity index (χ1) is 9.06. The molecule has 0 saturated carbocycles. The molecule has 0 bridgehead atoms. The maximum atomic E-state index is 12.0. The zero-order chi connectivity index (χ0) is 13.8. The zero-order valence-corrected chi connectivity index (χ0v) is 13.4. The van der Waals surface area contributed by atoms with E-state index in [1.54, 1.807) is 17.1 Å². The second kappa shape index (κ2) is 6.29. The van der Waals surface area contributed by atoms with E-state index in [4.69, 9.17) is 0 Å². The number of carbonyl (C=O) groups is 1. The Morgan fingerprint density at radius 1 is 1.42 bits per heavy atom. The lowest BCUT2D eigenvalue weighted by atomic mass is 10.2. The van der Waals surface area contributed by atoms with E-state index in [0.717, 1.165) is 14.8 Å². The number of rotatable bonds is 4. The van der Waals surface area contributed by atoms with Gasteiger partial charge in [0.2, 0.25) is 0 Å². The minimum Gasteiger partial charge on any atom is -0.352 e.